The molecule has 0 aromatic heterocycles. The molecule has 0 atom stereocenters. The lowest BCUT2D eigenvalue weighted by atomic mass is 9.99. The molecule has 0 aromatic carbocycles. The number of azo groups is 1. The lowest BCUT2D eigenvalue weighted by Crippen LogP contribution is -2.06. The fraction of sp³-hybridized carbons (Fsp3) is 0.167. The summed E-state index contributed by atoms with van der Waals surface area (Å²) in [4.78, 5) is 11.4. The van der Waals surface area contributed by atoms with E-state index in [0.717, 1.165) is 11.5 Å². The number of carbonyl (C=O) groups is 1. The first-order chi connectivity index (χ1) is 7.72. The van der Waals surface area contributed by atoms with E-state index in [1.165, 1.54) is 13.3 Å². The van der Waals surface area contributed by atoms with Crippen LogP contribution in [0.3, 0.4) is 0 Å². The largest absolute Gasteiger partial charge is 0.465 e. The highest BCUT2D eigenvalue weighted by Gasteiger charge is 2.21. The first-order valence-electron chi connectivity index (χ1n) is 4.86. The molecule has 0 bridgehead atoms. The molecule has 0 amide bonds. The molecule has 4 nitrogen and oxygen atoms in total. The van der Waals surface area contributed by atoms with E-state index in [0.29, 0.717) is 11.3 Å². The van der Waals surface area contributed by atoms with Gasteiger partial charge < -0.3 is 4.74 Å². The molecule has 2 aliphatic rings. The van der Waals surface area contributed by atoms with E-state index in [4.69, 9.17) is 0 Å². The molecule has 4 heteroatoms. The fourth-order valence-corrected chi connectivity index (χ4v) is 1.44. The Morgan fingerprint density at radius 3 is 2.56 bits per heavy atom. The van der Waals surface area contributed by atoms with E-state index in [9.17, 15) is 4.79 Å². The van der Waals surface area contributed by atoms with Gasteiger partial charge in [0.25, 0.3) is 0 Å². The van der Waals surface area contributed by atoms with E-state index in [2.05, 4.69) is 15.0 Å². The quantitative estimate of drug-likeness (QED) is 0.631. The van der Waals surface area contributed by atoms with E-state index < -0.39 is 5.97 Å². The molecule has 2 rings (SSSR count). The molecule has 0 unspecified atom stereocenters. The first kappa shape index (κ1) is 10.5. The third kappa shape index (κ3) is 1.86. The zero-order chi connectivity index (χ0) is 11.5. The van der Waals surface area contributed by atoms with Crippen molar-refractivity contribution in [1.82, 2.24) is 0 Å². The van der Waals surface area contributed by atoms with E-state index in [1.807, 2.05) is 31.2 Å². The van der Waals surface area contributed by atoms with Crippen LogP contribution in [0, 0.1) is 5.92 Å². The monoisotopic (exact) mass is 215 g/mol. The highest BCUT2D eigenvalue weighted by molar-refractivity contribution is 5.94. The van der Waals surface area contributed by atoms with E-state index in [-0.39, 0.29) is 0 Å². The Balaban J connectivity index is 2.35. The van der Waals surface area contributed by atoms with Crippen molar-refractivity contribution in [3.05, 3.63) is 53.3 Å². The number of nitrogens with zero attached hydrogens (tertiary/aromatic N) is 2. The van der Waals surface area contributed by atoms with E-state index >= 15 is 0 Å². The van der Waals surface area contributed by atoms with Crippen LogP contribution in [0.1, 0.15) is 6.92 Å². The number of rotatable bonds is 1. The van der Waals surface area contributed by atoms with Crippen LogP contribution in [-0.2, 0) is 9.53 Å². The molecule has 0 fully saturated rings. The maximum atomic E-state index is 11.4. The fourth-order valence-electron chi connectivity index (χ4n) is 1.44. The van der Waals surface area contributed by atoms with Crippen LogP contribution >= 0.6 is 0 Å². The molecule has 1 heterocycles. The SMILES string of the molecule is COC(=O)C1=CN=NC1=C1C=C[C](C)C=C1. The Morgan fingerprint density at radius 2 is 1.94 bits per heavy atom. The molecule has 0 N–H and O–H groups in total. The second kappa shape index (κ2) is 4.26. The number of esters is 1. The van der Waals surface area contributed by atoms with Crippen LogP contribution in [-0.4, -0.2) is 13.1 Å². The molecule has 81 valence electrons. The van der Waals surface area contributed by atoms with Crippen LogP contribution in [0.5, 0.6) is 0 Å². The Labute approximate surface area is 93.7 Å². The number of methoxy groups -OCH3 is 1. The molecule has 0 spiro atoms. The maximum absolute atomic E-state index is 11.4. The molecular formula is C12H11N2O2. The summed E-state index contributed by atoms with van der Waals surface area (Å²) in [5, 5.41) is 7.67. The molecule has 0 saturated carbocycles. The number of hydrogen-bond donors (Lipinski definition) is 0. The van der Waals surface area contributed by atoms with Gasteiger partial charge in [0.1, 0.15) is 11.3 Å². The molecule has 1 radical (unpaired) electrons. The molecule has 1 aliphatic heterocycles. The van der Waals surface area contributed by atoms with Crippen molar-refractivity contribution < 1.29 is 9.53 Å². The van der Waals surface area contributed by atoms with Crippen molar-refractivity contribution in [2.45, 2.75) is 6.92 Å². The van der Waals surface area contributed by atoms with Gasteiger partial charge in [0, 0.05) is 11.5 Å². The summed E-state index contributed by atoms with van der Waals surface area (Å²) in [6.07, 6.45) is 9.16. The smallest absolute Gasteiger partial charge is 0.341 e. The van der Waals surface area contributed by atoms with Crippen molar-refractivity contribution in [3.63, 3.8) is 0 Å². The minimum atomic E-state index is -0.416. The highest BCUT2D eigenvalue weighted by Crippen LogP contribution is 2.27. The lowest BCUT2D eigenvalue weighted by molar-refractivity contribution is -0.135. The predicted octanol–water partition coefficient (Wildman–Crippen LogP) is 2.48. The van der Waals surface area contributed by atoms with Crippen LogP contribution in [0.15, 0.2) is 57.6 Å². The summed E-state index contributed by atoms with van der Waals surface area (Å²) in [6.45, 7) is 2.00. The van der Waals surface area contributed by atoms with Gasteiger partial charge in [0.05, 0.1) is 13.3 Å². The van der Waals surface area contributed by atoms with Gasteiger partial charge in [-0.25, -0.2) is 4.79 Å². The van der Waals surface area contributed by atoms with Gasteiger partial charge in [0.15, 0.2) is 0 Å². The third-order valence-corrected chi connectivity index (χ3v) is 2.33. The average molecular weight is 215 g/mol. The maximum Gasteiger partial charge on any atom is 0.341 e. The minimum Gasteiger partial charge on any atom is -0.465 e. The summed E-state index contributed by atoms with van der Waals surface area (Å²) in [7, 11) is 1.34. The number of ether oxygens (including phenoxy) is 1. The second-order valence-electron chi connectivity index (χ2n) is 3.46. The Kier molecular flexibility index (Phi) is 2.81. The van der Waals surface area contributed by atoms with Crippen LogP contribution in [0.2, 0.25) is 0 Å². The summed E-state index contributed by atoms with van der Waals surface area (Å²) >= 11 is 0. The summed E-state index contributed by atoms with van der Waals surface area (Å²) in [5.41, 5.74) is 1.82. The molecular weight excluding hydrogens is 204 g/mol. The Bertz CT molecular complexity index is 451. The summed E-state index contributed by atoms with van der Waals surface area (Å²) in [5.74, 6) is 0.739. The average Bonchev–Trinajstić information content (AvgIpc) is 2.78. The zero-order valence-electron chi connectivity index (χ0n) is 9.10. The zero-order valence-corrected chi connectivity index (χ0v) is 9.10. The van der Waals surface area contributed by atoms with Crippen molar-refractivity contribution in [3.8, 4) is 0 Å². The van der Waals surface area contributed by atoms with Crippen molar-refractivity contribution in [1.29, 1.82) is 0 Å². The Hall–Kier alpha value is -1.97. The van der Waals surface area contributed by atoms with Gasteiger partial charge in [0.2, 0.25) is 0 Å². The van der Waals surface area contributed by atoms with Crippen LogP contribution < -0.4 is 0 Å². The van der Waals surface area contributed by atoms with E-state index in [1.54, 1.807) is 0 Å². The topological polar surface area (TPSA) is 51.0 Å². The predicted molar refractivity (Wildman–Crippen MR) is 59.2 cm³/mol. The van der Waals surface area contributed by atoms with Gasteiger partial charge in [-0.1, -0.05) is 31.2 Å². The first-order valence-corrected chi connectivity index (χ1v) is 4.86. The van der Waals surface area contributed by atoms with Crippen LogP contribution in [0.25, 0.3) is 0 Å². The molecule has 1 aliphatic carbocycles. The second-order valence-corrected chi connectivity index (χ2v) is 3.46. The number of hydrogen-bond acceptors (Lipinski definition) is 4. The van der Waals surface area contributed by atoms with Gasteiger partial charge >= 0.3 is 5.97 Å². The lowest BCUT2D eigenvalue weighted by Gasteiger charge is -2.08. The highest BCUT2D eigenvalue weighted by atomic mass is 16.5. The van der Waals surface area contributed by atoms with Crippen LogP contribution in [0.4, 0.5) is 0 Å². The number of allylic oxidation sites excluding steroid dienone is 5. The standard InChI is InChI=1S/C12H11N2O2/c1-8-3-5-9(6-4-8)11-10(7-13-14-11)12(15)16-2/h3-7H,1-2H3. The molecule has 16 heavy (non-hydrogen) atoms. The molecule has 0 saturated heterocycles. The Morgan fingerprint density at radius 1 is 1.25 bits per heavy atom. The van der Waals surface area contributed by atoms with Gasteiger partial charge in [-0.2, -0.15) is 5.11 Å². The van der Waals surface area contributed by atoms with Crippen molar-refractivity contribution in [2.24, 2.45) is 10.2 Å². The third-order valence-electron chi connectivity index (χ3n) is 2.33. The van der Waals surface area contributed by atoms with Crippen molar-refractivity contribution in [2.75, 3.05) is 7.11 Å². The summed E-state index contributed by atoms with van der Waals surface area (Å²) < 4.78 is 4.66. The summed E-state index contributed by atoms with van der Waals surface area (Å²) in [6, 6.07) is 0. The van der Waals surface area contributed by atoms with Crippen molar-refractivity contribution >= 4 is 5.97 Å². The minimum absolute atomic E-state index is 0.395. The van der Waals surface area contributed by atoms with Gasteiger partial charge in [-0.3, -0.25) is 0 Å². The van der Waals surface area contributed by atoms with Gasteiger partial charge in [-0.05, 0) is 0 Å². The number of carbonyl (C=O) groups excluding carboxylic acids is 1. The van der Waals surface area contributed by atoms with Gasteiger partial charge in [-0.15, -0.1) is 5.11 Å². The molecule has 0 aromatic rings. The normalized spacial score (nSPS) is 19.2.